The monoisotopic (exact) mass is 234 g/mol. The van der Waals surface area contributed by atoms with Crippen molar-refractivity contribution in [1.29, 1.82) is 0 Å². The lowest BCUT2D eigenvalue weighted by Gasteiger charge is -2.08. The molecule has 0 unspecified atom stereocenters. The molecule has 0 aromatic carbocycles. The molecular formula is C7H10N2O5S. The van der Waals surface area contributed by atoms with Crippen molar-refractivity contribution in [2.45, 2.75) is 0 Å². The van der Waals surface area contributed by atoms with Crippen molar-refractivity contribution in [3.05, 3.63) is 12.3 Å². The molecule has 0 atom stereocenters. The smallest absolute Gasteiger partial charge is 0.380 e. The van der Waals surface area contributed by atoms with Crippen LogP contribution in [0.2, 0.25) is 0 Å². The third-order valence-corrected chi connectivity index (χ3v) is 1.85. The van der Waals surface area contributed by atoms with Gasteiger partial charge in [-0.15, -0.1) is 0 Å². The first kappa shape index (κ1) is 11.5. The average Bonchev–Trinajstić information content (AvgIpc) is 2.15. The minimum absolute atomic E-state index is 0.0770. The SMILES string of the molecule is COc1cc(OS(N)(=O)=O)c(OC)cn1. The lowest BCUT2D eigenvalue weighted by Crippen LogP contribution is -2.19. The topological polar surface area (TPSA) is 101 Å². The van der Waals surface area contributed by atoms with E-state index < -0.39 is 10.3 Å². The highest BCUT2D eigenvalue weighted by Gasteiger charge is 2.13. The summed E-state index contributed by atoms with van der Waals surface area (Å²) in [5.74, 6) is 0.256. The van der Waals surface area contributed by atoms with E-state index in [-0.39, 0.29) is 17.4 Å². The summed E-state index contributed by atoms with van der Waals surface area (Å²) in [5.41, 5.74) is 0. The van der Waals surface area contributed by atoms with E-state index in [4.69, 9.17) is 14.6 Å². The van der Waals surface area contributed by atoms with Gasteiger partial charge in [-0.2, -0.15) is 13.6 Å². The van der Waals surface area contributed by atoms with Gasteiger partial charge in [-0.25, -0.2) is 4.98 Å². The Kier molecular flexibility index (Phi) is 3.32. The van der Waals surface area contributed by atoms with Crippen LogP contribution in [-0.2, 0) is 10.3 Å². The lowest BCUT2D eigenvalue weighted by molar-refractivity contribution is 0.371. The first-order chi connectivity index (χ1) is 6.96. The molecule has 1 heterocycles. The third kappa shape index (κ3) is 3.26. The largest absolute Gasteiger partial charge is 0.491 e. The molecule has 0 amide bonds. The highest BCUT2D eigenvalue weighted by atomic mass is 32.2. The second-order valence-corrected chi connectivity index (χ2v) is 3.61. The predicted molar refractivity (Wildman–Crippen MR) is 51.1 cm³/mol. The van der Waals surface area contributed by atoms with E-state index in [9.17, 15) is 8.42 Å². The van der Waals surface area contributed by atoms with Gasteiger partial charge < -0.3 is 13.7 Å². The summed E-state index contributed by atoms with van der Waals surface area (Å²) in [5, 5.41) is 4.72. The van der Waals surface area contributed by atoms with Gasteiger partial charge in [-0.1, -0.05) is 0 Å². The third-order valence-electron chi connectivity index (χ3n) is 1.44. The molecule has 1 rings (SSSR count). The summed E-state index contributed by atoms with van der Waals surface area (Å²) in [6, 6.07) is 1.25. The Bertz CT molecular complexity index is 445. The number of hydrogen-bond acceptors (Lipinski definition) is 6. The zero-order valence-electron chi connectivity index (χ0n) is 8.13. The van der Waals surface area contributed by atoms with Gasteiger partial charge in [0.2, 0.25) is 5.88 Å². The Morgan fingerprint density at radius 2 is 1.93 bits per heavy atom. The van der Waals surface area contributed by atoms with Crippen molar-refractivity contribution in [2.24, 2.45) is 5.14 Å². The van der Waals surface area contributed by atoms with E-state index in [2.05, 4.69) is 9.17 Å². The van der Waals surface area contributed by atoms with E-state index in [0.29, 0.717) is 0 Å². The average molecular weight is 234 g/mol. The van der Waals surface area contributed by atoms with Crippen molar-refractivity contribution in [3.8, 4) is 17.4 Å². The summed E-state index contributed by atoms with van der Waals surface area (Å²) in [6.07, 6.45) is 1.26. The molecule has 0 saturated heterocycles. The second-order valence-electron chi connectivity index (χ2n) is 2.45. The molecule has 0 fully saturated rings. The molecule has 15 heavy (non-hydrogen) atoms. The number of nitrogens with zero attached hydrogens (tertiary/aromatic N) is 1. The van der Waals surface area contributed by atoms with Crippen LogP contribution in [0.15, 0.2) is 12.3 Å². The van der Waals surface area contributed by atoms with Crippen LogP contribution in [0.4, 0.5) is 0 Å². The highest BCUT2D eigenvalue weighted by molar-refractivity contribution is 7.84. The number of nitrogens with two attached hydrogens (primary N) is 1. The van der Waals surface area contributed by atoms with Crippen molar-refractivity contribution >= 4 is 10.3 Å². The fourth-order valence-corrected chi connectivity index (χ4v) is 1.24. The highest BCUT2D eigenvalue weighted by Crippen LogP contribution is 2.29. The van der Waals surface area contributed by atoms with Crippen LogP contribution in [0.5, 0.6) is 17.4 Å². The van der Waals surface area contributed by atoms with Crippen LogP contribution in [0.1, 0.15) is 0 Å². The molecule has 84 valence electrons. The van der Waals surface area contributed by atoms with E-state index in [1.165, 1.54) is 26.5 Å². The van der Waals surface area contributed by atoms with Crippen molar-refractivity contribution in [3.63, 3.8) is 0 Å². The van der Waals surface area contributed by atoms with Gasteiger partial charge in [0, 0.05) is 6.07 Å². The Hall–Kier alpha value is -1.54. The quantitative estimate of drug-likeness (QED) is 0.766. The molecule has 2 N–H and O–H groups in total. The van der Waals surface area contributed by atoms with Crippen LogP contribution < -0.4 is 18.8 Å². The number of hydrogen-bond donors (Lipinski definition) is 1. The summed E-state index contributed by atoms with van der Waals surface area (Å²) >= 11 is 0. The van der Waals surface area contributed by atoms with Gasteiger partial charge >= 0.3 is 10.3 Å². The molecule has 0 spiro atoms. The number of ether oxygens (including phenoxy) is 2. The molecule has 7 nitrogen and oxygen atoms in total. The van der Waals surface area contributed by atoms with Gasteiger partial charge in [0.05, 0.1) is 20.4 Å². The van der Waals surface area contributed by atoms with E-state index in [0.717, 1.165) is 0 Å². The molecule has 0 aliphatic rings. The molecule has 1 aromatic heterocycles. The Morgan fingerprint density at radius 3 is 2.40 bits per heavy atom. The van der Waals surface area contributed by atoms with Crippen LogP contribution in [-0.4, -0.2) is 27.6 Å². The Balaban J connectivity index is 3.12. The summed E-state index contributed by atoms with van der Waals surface area (Å²) in [7, 11) is -1.37. The first-order valence-electron chi connectivity index (χ1n) is 3.76. The van der Waals surface area contributed by atoms with E-state index >= 15 is 0 Å². The van der Waals surface area contributed by atoms with Crippen molar-refractivity contribution < 1.29 is 22.1 Å². The van der Waals surface area contributed by atoms with Crippen molar-refractivity contribution in [1.82, 2.24) is 4.98 Å². The normalized spacial score (nSPS) is 10.9. The molecular weight excluding hydrogens is 224 g/mol. The molecule has 8 heteroatoms. The zero-order chi connectivity index (χ0) is 11.5. The van der Waals surface area contributed by atoms with E-state index in [1.807, 2.05) is 0 Å². The van der Waals surface area contributed by atoms with Gasteiger partial charge in [0.15, 0.2) is 11.5 Å². The fourth-order valence-electron chi connectivity index (χ4n) is 0.862. The molecule has 0 aliphatic heterocycles. The maximum Gasteiger partial charge on any atom is 0.380 e. The summed E-state index contributed by atoms with van der Waals surface area (Å²) in [4.78, 5) is 3.80. The van der Waals surface area contributed by atoms with Gasteiger partial charge in [-0.3, -0.25) is 0 Å². The maximum absolute atomic E-state index is 10.7. The summed E-state index contributed by atoms with van der Waals surface area (Å²) < 4.78 is 35.5. The number of pyridine rings is 1. The number of rotatable bonds is 4. The Morgan fingerprint density at radius 1 is 1.27 bits per heavy atom. The lowest BCUT2D eigenvalue weighted by atomic mass is 10.4. The van der Waals surface area contributed by atoms with Crippen LogP contribution in [0.25, 0.3) is 0 Å². The predicted octanol–water partition coefficient (Wildman–Crippen LogP) is -0.319. The minimum atomic E-state index is -4.10. The number of aromatic nitrogens is 1. The van der Waals surface area contributed by atoms with Crippen molar-refractivity contribution in [2.75, 3.05) is 14.2 Å². The van der Waals surface area contributed by atoms with Crippen LogP contribution >= 0.6 is 0 Å². The van der Waals surface area contributed by atoms with Gasteiger partial charge in [0.1, 0.15) is 0 Å². The first-order valence-corrected chi connectivity index (χ1v) is 5.23. The van der Waals surface area contributed by atoms with E-state index in [1.54, 1.807) is 0 Å². The molecule has 0 bridgehead atoms. The zero-order valence-corrected chi connectivity index (χ0v) is 8.95. The van der Waals surface area contributed by atoms with Gasteiger partial charge in [-0.05, 0) is 0 Å². The number of methoxy groups -OCH3 is 2. The fraction of sp³-hybridized carbons (Fsp3) is 0.286. The summed E-state index contributed by atoms with van der Waals surface area (Å²) in [6.45, 7) is 0. The molecule has 0 aliphatic carbocycles. The second kappa shape index (κ2) is 4.32. The molecule has 1 aromatic rings. The standard InChI is InChI=1S/C7H10N2O5S/c1-12-6-4-9-7(13-2)3-5(6)14-15(8,10)11/h3-4H,1-2H3,(H2,8,10,11). The van der Waals surface area contributed by atoms with Crippen LogP contribution in [0, 0.1) is 0 Å². The molecule has 0 saturated carbocycles. The Labute approximate surface area is 87.0 Å². The van der Waals surface area contributed by atoms with Crippen LogP contribution in [0.3, 0.4) is 0 Å². The van der Waals surface area contributed by atoms with Gasteiger partial charge in [0.25, 0.3) is 0 Å². The minimum Gasteiger partial charge on any atom is -0.491 e. The maximum atomic E-state index is 10.7. The molecule has 0 radical (unpaired) electrons.